The minimum atomic E-state index is 0.706. The van der Waals surface area contributed by atoms with Crippen LogP contribution >= 0.6 is 12.2 Å². The van der Waals surface area contributed by atoms with Crippen LogP contribution in [0.4, 0.5) is 0 Å². The van der Waals surface area contributed by atoms with Gasteiger partial charge < -0.3 is 4.98 Å². The fourth-order valence-electron chi connectivity index (χ4n) is 2.61. The number of rotatable bonds is 4. The average molecular weight is 301 g/mol. The summed E-state index contributed by atoms with van der Waals surface area (Å²) < 4.78 is 4.73. The fourth-order valence-corrected chi connectivity index (χ4v) is 2.86. The Morgan fingerprint density at radius 2 is 2.14 bits per heavy atom. The summed E-state index contributed by atoms with van der Waals surface area (Å²) in [6.45, 7) is 4.85. The first-order chi connectivity index (χ1) is 10.1. The standard InChI is InChI=1S/C15H19N5S/c1-4-5-12-13-14(19(3)18-12)20(15(21)17-13)9-11-7-6-10(2)16-8-11/h6-8H,4-5,9H2,1-3H3,(H,17,21). The maximum atomic E-state index is 5.48. The lowest BCUT2D eigenvalue weighted by Gasteiger charge is -2.05. The van der Waals surface area contributed by atoms with Crippen LogP contribution < -0.4 is 0 Å². The monoisotopic (exact) mass is 301 g/mol. The van der Waals surface area contributed by atoms with E-state index >= 15 is 0 Å². The van der Waals surface area contributed by atoms with Crippen molar-refractivity contribution in [3.63, 3.8) is 0 Å². The fraction of sp³-hybridized carbons (Fsp3) is 0.400. The first kappa shape index (κ1) is 14.0. The van der Waals surface area contributed by atoms with Crippen LogP contribution in [0.15, 0.2) is 18.3 Å². The Morgan fingerprint density at radius 3 is 2.81 bits per heavy atom. The molecule has 21 heavy (non-hydrogen) atoms. The maximum Gasteiger partial charge on any atom is 0.179 e. The van der Waals surface area contributed by atoms with Crippen molar-refractivity contribution in [1.82, 2.24) is 24.3 Å². The molecule has 0 aliphatic carbocycles. The molecule has 0 unspecified atom stereocenters. The molecular weight excluding hydrogens is 282 g/mol. The summed E-state index contributed by atoms with van der Waals surface area (Å²) in [6.07, 6.45) is 3.93. The summed E-state index contributed by atoms with van der Waals surface area (Å²) in [5.41, 5.74) is 5.35. The van der Waals surface area contributed by atoms with Crippen molar-refractivity contribution >= 4 is 23.4 Å². The zero-order valence-electron chi connectivity index (χ0n) is 12.6. The molecule has 0 spiro atoms. The third kappa shape index (κ3) is 2.51. The van der Waals surface area contributed by atoms with Crippen LogP contribution in [0.5, 0.6) is 0 Å². The molecule has 0 atom stereocenters. The Labute approximate surface area is 128 Å². The Kier molecular flexibility index (Phi) is 3.63. The minimum Gasteiger partial charge on any atom is -0.328 e. The van der Waals surface area contributed by atoms with Gasteiger partial charge in [0.25, 0.3) is 0 Å². The van der Waals surface area contributed by atoms with Gasteiger partial charge in [0.05, 0.1) is 12.2 Å². The summed E-state index contributed by atoms with van der Waals surface area (Å²) in [4.78, 5) is 7.65. The summed E-state index contributed by atoms with van der Waals surface area (Å²) in [5, 5.41) is 4.60. The lowest BCUT2D eigenvalue weighted by Crippen LogP contribution is -2.05. The number of pyridine rings is 1. The second-order valence-electron chi connectivity index (χ2n) is 5.34. The molecule has 3 aromatic heterocycles. The van der Waals surface area contributed by atoms with Gasteiger partial charge in [-0.25, -0.2) is 0 Å². The van der Waals surface area contributed by atoms with Crippen molar-refractivity contribution in [3.05, 3.63) is 40.1 Å². The van der Waals surface area contributed by atoms with Gasteiger partial charge in [0.1, 0.15) is 5.52 Å². The van der Waals surface area contributed by atoms with E-state index in [1.54, 1.807) is 0 Å². The van der Waals surface area contributed by atoms with Gasteiger partial charge in [-0.2, -0.15) is 5.10 Å². The smallest absolute Gasteiger partial charge is 0.179 e. The number of aromatic amines is 1. The van der Waals surface area contributed by atoms with Gasteiger partial charge in [-0.1, -0.05) is 19.4 Å². The van der Waals surface area contributed by atoms with Crippen LogP contribution in [0.3, 0.4) is 0 Å². The predicted octanol–water partition coefficient (Wildman–Crippen LogP) is 3.14. The number of fused-ring (bicyclic) bond motifs is 1. The van der Waals surface area contributed by atoms with E-state index < -0.39 is 0 Å². The molecule has 0 aliphatic heterocycles. The number of aromatic nitrogens is 5. The molecule has 5 nitrogen and oxygen atoms in total. The Hall–Kier alpha value is -1.95. The second kappa shape index (κ2) is 5.44. The van der Waals surface area contributed by atoms with Gasteiger partial charge in [-0.3, -0.25) is 14.2 Å². The molecule has 0 aliphatic rings. The average Bonchev–Trinajstić information content (AvgIpc) is 2.92. The van der Waals surface area contributed by atoms with Crippen LogP contribution in [0, 0.1) is 11.7 Å². The molecule has 3 aromatic rings. The Bertz CT molecular complexity index is 822. The lowest BCUT2D eigenvalue weighted by atomic mass is 10.2. The Balaban J connectivity index is 2.08. The number of hydrogen-bond donors (Lipinski definition) is 1. The van der Waals surface area contributed by atoms with Gasteiger partial charge in [0.2, 0.25) is 0 Å². The van der Waals surface area contributed by atoms with E-state index in [1.807, 2.05) is 30.9 Å². The van der Waals surface area contributed by atoms with Crippen molar-refractivity contribution in [2.75, 3.05) is 0 Å². The predicted molar refractivity (Wildman–Crippen MR) is 86.0 cm³/mol. The highest BCUT2D eigenvalue weighted by Gasteiger charge is 2.14. The molecule has 0 amide bonds. The van der Waals surface area contributed by atoms with Crippen molar-refractivity contribution in [3.8, 4) is 0 Å². The van der Waals surface area contributed by atoms with Crippen LogP contribution in [0.25, 0.3) is 11.2 Å². The van der Waals surface area contributed by atoms with E-state index in [4.69, 9.17) is 12.2 Å². The third-order valence-corrected chi connectivity index (χ3v) is 3.94. The van der Waals surface area contributed by atoms with E-state index in [0.717, 1.165) is 45.7 Å². The number of imidazole rings is 1. The SMILES string of the molecule is CCCc1nn(C)c2c1[nH]c(=S)n2Cc1ccc(C)nc1. The molecule has 0 radical (unpaired) electrons. The van der Waals surface area contributed by atoms with E-state index in [2.05, 4.69) is 32.6 Å². The highest BCUT2D eigenvalue weighted by atomic mass is 32.1. The van der Waals surface area contributed by atoms with Gasteiger partial charge in [0, 0.05) is 18.9 Å². The highest BCUT2D eigenvalue weighted by molar-refractivity contribution is 7.71. The molecular formula is C15H19N5S. The number of H-pyrrole nitrogens is 1. The van der Waals surface area contributed by atoms with E-state index in [9.17, 15) is 0 Å². The molecule has 6 heteroatoms. The van der Waals surface area contributed by atoms with E-state index in [1.165, 1.54) is 0 Å². The molecule has 0 aromatic carbocycles. The molecule has 0 bridgehead atoms. The highest BCUT2D eigenvalue weighted by Crippen LogP contribution is 2.20. The summed E-state index contributed by atoms with van der Waals surface area (Å²) in [5.74, 6) is 0. The number of aryl methyl sites for hydroxylation is 3. The van der Waals surface area contributed by atoms with Crippen LogP contribution in [0.1, 0.15) is 30.3 Å². The normalized spacial score (nSPS) is 11.4. The second-order valence-corrected chi connectivity index (χ2v) is 5.73. The van der Waals surface area contributed by atoms with Gasteiger partial charge in [-0.05, 0) is 37.2 Å². The first-order valence-electron chi connectivity index (χ1n) is 7.16. The topological polar surface area (TPSA) is 51.4 Å². The minimum absolute atomic E-state index is 0.706. The number of nitrogens with zero attached hydrogens (tertiary/aromatic N) is 4. The quantitative estimate of drug-likeness (QED) is 0.753. The van der Waals surface area contributed by atoms with Gasteiger partial charge in [0.15, 0.2) is 10.4 Å². The molecule has 3 heterocycles. The van der Waals surface area contributed by atoms with Crippen molar-refractivity contribution in [2.24, 2.45) is 7.05 Å². The van der Waals surface area contributed by atoms with Crippen molar-refractivity contribution in [1.29, 1.82) is 0 Å². The molecule has 1 N–H and O–H groups in total. The molecule has 0 saturated heterocycles. The number of nitrogens with one attached hydrogen (secondary N) is 1. The van der Waals surface area contributed by atoms with E-state index in [-0.39, 0.29) is 0 Å². The van der Waals surface area contributed by atoms with Crippen LogP contribution in [-0.4, -0.2) is 24.3 Å². The summed E-state index contributed by atoms with van der Waals surface area (Å²) in [6, 6.07) is 4.11. The van der Waals surface area contributed by atoms with Gasteiger partial charge >= 0.3 is 0 Å². The first-order valence-corrected chi connectivity index (χ1v) is 7.57. The molecule has 110 valence electrons. The largest absolute Gasteiger partial charge is 0.328 e. The Morgan fingerprint density at radius 1 is 1.33 bits per heavy atom. The van der Waals surface area contributed by atoms with Crippen LogP contribution in [0.2, 0.25) is 0 Å². The summed E-state index contributed by atoms with van der Waals surface area (Å²) in [7, 11) is 1.97. The number of hydrogen-bond acceptors (Lipinski definition) is 3. The van der Waals surface area contributed by atoms with Gasteiger partial charge in [-0.15, -0.1) is 0 Å². The van der Waals surface area contributed by atoms with Crippen molar-refractivity contribution in [2.45, 2.75) is 33.2 Å². The van der Waals surface area contributed by atoms with E-state index in [0.29, 0.717) is 6.54 Å². The van der Waals surface area contributed by atoms with Crippen LogP contribution in [-0.2, 0) is 20.0 Å². The zero-order chi connectivity index (χ0) is 15.0. The third-order valence-electron chi connectivity index (χ3n) is 3.62. The molecule has 0 saturated carbocycles. The lowest BCUT2D eigenvalue weighted by molar-refractivity contribution is 0.702. The summed E-state index contributed by atoms with van der Waals surface area (Å²) >= 11 is 5.48. The van der Waals surface area contributed by atoms with Crippen molar-refractivity contribution < 1.29 is 0 Å². The molecule has 0 fully saturated rings. The zero-order valence-corrected chi connectivity index (χ0v) is 13.4. The molecule has 3 rings (SSSR count). The maximum absolute atomic E-state index is 5.48.